The van der Waals surface area contributed by atoms with Gasteiger partial charge in [-0.1, -0.05) is 11.6 Å². The van der Waals surface area contributed by atoms with Gasteiger partial charge in [-0.05, 0) is 49.6 Å². The van der Waals surface area contributed by atoms with Crippen LogP contribution in [0.1, 0.15) is 29.6 Å². The zero-order chi connectivity index (χ0) is 19.4. The van der Waals surface area contributed by atoms with Crippen LogP contribution in [0.4, 0.5) is 17.1 Å². The lowest BCUT2D eigenvalue weighted by molar-refractivity contribution is -0.385. The molecule has 0 spiro atoms. The Morgan fingerprint density at radius 3 is 2.56 bits per heavy atom. The van der Waals surface area contributed by atoms with Crippen LogP contribution in [0.5, 0.6) is 5.75 Å². The van der Waals surface area contributed by atoms with E-state index in [4.69, 9.17) is 16.3 Å². The molecular weight excluding hydrogens is 370 g/mol. The topological polar surface area (TPSA) is 84.7 Å². The molecule has 1 heterocycles. The average molecular weight is 390 g/mol. The second kappa shape index (κ2) is 8.26. The first kappa shape index (κ1) is 19.0. The zero-order valence-electron chi connectivity index (χ0n) is 14.9. The van der Waals surface area contributed by atoms with Crippen molar-refractivity contribution in [2.75, 3.05) is 30.4 Å². The van der Waals surface area contributed by atoms with Crippen LogP contribution in [0.25, 0.3) is 0 Å². The number of nitrogens with zero attached hydrogens (tertiary/aromatic N) is 2. The number of amides is 1. The minimum atomic E-state index is -0.583. The second-order valence-electron chi connectivity index (χ2n) is 6.31. The molecule has 0 saturated carbocycles. The van der Waals surface area contributed by atoms with Crippen molar-refractivity contribution in [2.45, 2.75) is 19.3 Å². The number of anilines is 2. The molecule has 0 aromatic heterocycles. The van der Waals surface area contributed by atoms with Crippen LogP contribution in [-0.4, -0.2) is 31.0 Å². The summed E-state index contributed by atoms with van der Waals surface area (Å²) < 4.78 is 4.95. The van der Waals surface area contributed by atoms with E-state index in [1.807, 2.05) is 6.07 Å². The maximum absolute atomic E-state index is 12.5. The Bertz CT molecular complexity index is 866. The number of piperidine rings is 1. The van der Waals surface area contributed by atoms with E-state index < -0.39 is 10.8 Å². The van der Waals surface area contributed by atoms with Crippen molar-refractivity contribution >= 4 is 34.6 Å². The highest BCUT2D eigenvalue weighted by Gasteiger charge is 2.19. The van der Waals surface area contributed by atoms with Gasteiger partial charge in [0.2, 0.25) is 0 Å². The number of nitrogens with one attached hydrogen (secondary N) is 1. The minimum absolute atomic E-state index is 0.102. The Hall–Kier alpha value is -2.80. The summed E-state index contributed by atoms with van der Waals surface area (Å²) in [5.41, 5.74) is 1.39. The van der Waals surface area contributed by atoms with E-state index in [-0.39, 0.29) is 17.0 Å². The highest BCUT2D eigenvalue weighted by atomic mass is 35.5. The van der Waals surface area contributed by atoms with Crippen molar-refractivity contribution in [3.05, 3.63) is 57.1 Å². The molecule has 0 bridgehead atoms. The largest absolute Gasteiger partial charge is 0.490 e. The monoisotopic (exact) mass is 389 g/mol. The van der Waals surface area contributed by atoms with Crippen molar-refractivity contribution in [1.82, 2.24) is 0 Å². The summed E-state index contributed by atoms with van der Waals surface area (Å²) in [4.78, 5) is 25.2. The molecule has 3 rings (SSSR count). The Morgan fingerprint density at radius 2 is 1.93 bits per heavy atom. The molecule has 0 atom stereocenters. The van der Waals surface area contributed by atoms with Crippen molar-refractivity contribution in [1.29, 1.82) is 0 Å². The summed E-state index contributed by atoms with van der Waals surface area (Å²) >= 11 is 6.40. The fourth-order valence-corrected chi connectivity index (χ4v) is 3.45. The first-order valence-electron chi connectivity index (χ1n) is 8.68. The molecule has 2 aromatic carbocycles. The van der Waals surface area contributed by atoms with Crippen LogP contribution < -0.4 is 15.0 Å². The Morgan fingerprint density at radius 1 is 1.19 bits per heavy atom. The normalized spacial score (nSPS) is 13.9. The smallest absolute Gasteiger partial charge is 0.311 e. The Balaban J connectivity index is 1.77. The number of nitro benzene ring substituents is 1. The van der Waals surface area contributed by atoms with Gasteiger partial charge in [-0.15, -0.1) is 0 Å². The maximum Gasteiger partial charge on any atom is 0.311 e. The minimum Gasteiger partial charge on any atom is -0.490 e. The SMILES string of the molecule is COc1ccc(C(=O)Nc2ccc(N3CCCCC3)c(Cl)c2)cc1[N+](=O)[O-]. The Labute approximate surface area is 162 Å². The van der Waals surface area contributed by atoms with E-state index in [9.17, 15) is 14.9 Å². The summed E-state index contributed by atoms with van der Waals surface area (Å²) in [5, 5.41) is 14.4. The number of methoxy groups -OCH3 is 1. The predicted octanol–water partition coefficient (Wildman–Crippen LogP) is 4.50. The predicted molar refractivity (Wildman–Crippen MR) is 105 cm³/mol. The van der Waals surface area contributed by atoms with E-state index in [0.29, 0.717) is 10.7 Å². The fraction of sp³-hybridized carbons (Fsp3) is 0.316. The van der Waals surface area contributed by atoms with Crippen molar-refractivity contribution in [3.8, 4) is 5.75 Å². The van der Waals surface area contributed by atoms with E-state index in [1.165, 1.54) is 31.7 Å². The van der Waals surface area contributed by atoms with Gasteiger partial charge in [0.1, 0.15) is 0 Å². The molecule has 1 aliphatic heterocycles. The lowest BCUT2D eigenvalue weighted by Gasteiger charge is -2.29. The number of carbonyl (C=O) groups is 1. The lowest BCUT2D eigenvalue weighted by Crippen LogP contribution is -2.29. The number of carbonyl (C=O) groups excluding carboxylic acids is 1. The van der Waals surface area contributed by atoms with Gasteiger partial charge in [0.15, 0.2) is 5.75 Å². The lowest BCUT2D eigenvalue weighted by atomic mass is 10.1. The average Bonchev–Trinajstić information content (AvgIpc) is 2.68. The summed E-state index contributed by atoms with van der Waals surface area (Å²) in [6.45, 7) is 1.95. The van der Waals surface area contributed by atoms with Crippen LogP contribution in [0.2, 0.25) is 5.02 Å². The number of halogens is 1. The quantitative estimate of drug-likeness (QED) is 0.601. The first-order valence-corrected chi connectivity index (χ1v) is 9.05. The number of hydrogen-bond acceptors (Lipinski definition) is 5. The molecule has 1 amide bonds. The highest BCUT2D eigenvalue weighted by molar-refractivity contribution is 6.33. The number of ether oxygens (including phenoxy) is 1. The fourth-order valence-electron chi connectivity index (χ4n) is 3.15. The summed E-state index contributed by atoms with van der Waals surface area (Å²) in [6, 6.07) is 9.44. The molecule has 0 aliphatic carbocycles. The first-order chi connectivity index (χ1) is 13.0. The molecule has 1 fully saturated rings. The van der Waals surface area contributed by atoms with Crippen molar-refractivity contribution in [2.24, 2.45) is 0 Å². The van der Waals surface area contributed by atoms with Crippen LogP contribution in [0, 0.1) is 10.1 Å². The third-order valence-corrected chi connectivity index (χ3v) is 4.84. The molecule has 7 nitrogen and oxygen atoms in total. The highest BCUT2D eigenvalue weighted by Crippen LogP contribution is 2.31. The van der Waals surface area contributed by atoms with Crippen LogP contribution >= 0.6 is 11.6 Å². The van der Waals surface area contributed by atoms with E-state index in [0.717, 1.165) is 31.6 Å². The van der Waals surface area contributed by atoms with Gasteiger partial charge >= 0.3 is 5.69 Å². The summed E-state index contributed by atoms with van der Waals surface area (Å²) in [7, 11) is 1.34. The van der Waals surface area contributed by atoms with Gasteiger partial charge in [0.25, 0.3) is 5.91 Å². The third-order valence-electron chi connectivity index (χ3n) is 4.54. The molecule has 142 valence electrons. The molecular formula is C19H20ClN3O4. The molecule has 27 heavy (non-hydrogen) atoms. The molecule has 2 aromatic rings. The maximum atomic E-state index is 12.5. The summed E-state index contributed by atoms with van der Waals surface area (Å²) in [5.74, 6) is -0.354. The van der Waals surface area contributed by atoms with Crippen LogP contribution in [0.3, 0.4) is 0 Å². The standard InChI is InChI=1S/C19H20ClN3O4/c1-27-18-8-5-13(11-17(18)23(25)26)19(24)21-14-6-7-16(15(20)12-14)22-9-3-2-4-10-22/h5-8,11-12H,2-4,9-10H2,1H3,(H,21,24). The van der Waals surface area contributed by atoms with E-state index >= 15 is 0 Å². The molecule has 1 saturated heterocycles. The number of hydrogen-bond donors (Lipinski definition) is 1. The van der Waals surface area contributed by atoms with Gasteiger partial charge in [-0.25, -0.2) is 0 Å². The molecule has 0 radical (unpaired) electrons. The number of rotatable bonds is 5. The molecule has 1 N–H and O–H groups in total. The third kappa shape index (κ3) is 4.31. The van der Waals surface area contributed by atoms with Crippen LogP contribution in [0.15, 0.2) is 36.4 Å². The van der Waals surface area contributed by atoms with Gasteiger partial charge in [-0.2, -0.15) is 0 Å². The molecule has 1 aliphatic rings. The van der Waals surface area contributed by atoms with E-state index in [2.05, 4.69) is 10.2 Å². The second-order valence-corrected chi connectivity index (χ2v) is 6.72. The van der Waals surface area contributed by atoms with Gasteiger partial charge in [0, 0.05) is 30.4 Å². The van der Waals surface area contributed by atoms with Crippen molar-refractivity contribution in [3.63, 3.8) is 0 Å². The summed E-state index contributed by atoms with van der Waals surface area (Å²) in [6.07, 6.45) is 3.52. The van der Waals surface area contributed by atoms with Crippen molar-refractivity contribution < 1.29 is 14.5 Å². The number of benzene rings is 2. The molecule has 0 unspecified atom stereocenters. The number of nitro groups is 1. The van der Waals surface area contributed by atoms with Gasteiger partial charge < -0.3 is 15.0 Å². The van der Waals surface area contributed by atoms with Crippen LogP contribution in [-0.2, 0) is 0 Å². The van der Waals surface area contributed by atoms with Gasteiger partial charge in [0.05, 0.1) is 22.7 Å². The Kier molecular flexibility index (Phi) is 5.81. The molecule has 8 heteroatoms. The zero-order valence-corrected chi connectivity index (χ0v) is 15.7. The van der Waals surface area contributed by atoms with Gasteiger partial charge in [-0.3, -0.25) is 14.9 Å². The van der Waals surface area contributed by atoms with E-state index in [1.54, 1.807) is 12.1 Å².